The number of rotatable bonds is 8. The van der Waals surface area contributed by atoms with Crippen LogP contribution in [0.4, 0.5) is 0 Å². The van der Waals surface area contributed by atoms with Gasteiger partial charge in [-0.2, -0.15) is 0 Å². The molecule has 0 saturated carbocycles. The fourth-order valence-electron chi connectivity index (χ4n) is 3.26. The van der Waals surface area contributed by atoms with E-state index in [4.69, 9.17) is 9.84 Å². The van der Waals surface area contributed by atoms with Gasteiger partial charge in [-0.1, -0.05) is 17.8 Å². The Balaban J connectivity index is 1.31. The van der Waals surface area contributed by atoms with Gasteiger partial charge in [0.05, 0.1) is 11.6 Å². The van der Waals surface area contributed by atoms with Crippen molar-refractivity contribution in [2.45, 2.75) is 23.2 Å². The van der Waals surface area contributed by atoms with Crippen molar-refractivity contribution in [3.05, 3.63) is 47.6 Å². The van der Waals surface area contributed by atoms with Gasteiger partial charge in [-0.15, -0.1) is 11.3 Å². The Kier molecular flexibility index (Phi) is 5.96. The first-order valence-electron chi connectivity index (χ1n) is 9.19. The van der Waals surface area contributed by atoms with Crippen molar-refractivity contribution < 1.29 is 19.4 Å². The van der Waals surface area contributed by atoms with Crippen LogP contribution >= 0.6 is 23.1 Å². The molecule has 1 N–H and O–H groups in total. The number of carboxylic acid groups (broad SMARTS) is 1. The van der Waals surface area contributed by atoms with Crippen LogP contribution < -0.4 is 4.74 Å². The quantitative estimate of drug-likeness (QED) is 0.547. The molecule has 150 valence electrons. The molecule has 1 aliphatic heterocycles. The van der Waals surface area contributed by atoms with Gasteiger partial charge in [0.25, 0.3) is 0 Å². The van der Waals surface area contributed by atoms with Crippen LogP contribution in [0.25, 0.3) is 10.9 Å². The molecule has 1 fully saturated rings. The van der Waals surface area contributed by atoms with Gasteiger partial charge in [-0.3, -0.25) is 9.78 Å². The van der Waals surface area contributed by atoms with Crippen molar-refractivity contribution >= 4 is 45.9 Å². The molecule has 3 aromatic rings. The zero-order valence-electron chi connectivity index (χ0n) is 15.5. The molecule has 3 heterocycles. The first-order valence-corrected chi connectivity index (χ1v) is 11.1. The minimum Gasteiger partial charge on any atom is -0.491 e. The number of thioether (sulfide) groups is 1. The summed E-state index contributed by atoms with van der Waals surface area (Å²) < 4.78 is 6.67. The average molecular weight is 430 g/mol. The van der Waals surface area contributed by atoms with E-state index in [9.17, 15) is 9.59 Å². The maximum atomic E-state index is 12.3. The second-order valence-electron chi connectivity index (χ2n) is 6.60. The van der Waals surface area contributed by atoms with Gasteiger partial charge in [0.1, 0.15) is 12.4 Å². The van der Waals surface area contributed by atoms with Crippen LogP contribution in [0, 0.1) is 0 Å². The summed E-state index contributed by atoms with van der Waals surface area (Å²) in [4.78, 5) is 33.4. The Hall–Kier alpha value is -2.65. The van der Waals surface area contributed by atoms with E-state index in [1.165, 1.54) is 28.5 Å². The molecule has 2 aromatic heterocycles. The number of carbonyl (C=O) groups excluding carboxylic acids is 1. The number of carboxylic acids is 1. The Morgan fingerprint density at radius 1 is 1.38 bits per heavy atom. The van der Waals surface area contributed by atoms with E-state index in [0.29, 0.717) is 29.7 Å². The van der Waals surface area contributed by atoms with Crippen molar-refractivity contribution in [2.24, 2.45) is 0 Å². The number of aromatic nitrogens is 2. The summed E-state index contributed by atoms with van der Waals surface area (Å²) in [5.74, 6) is 0.538. The summed E-state index contributed by atoms with van der Waals surface area (Å²) in [5.41, 5.74) is 0.981. The highest BCUT2D eigenvalue weighted by Crippen LogP contribution is 2.26. The Morgan fingerprint density at radius 3 is 3.10 bits per heavy atom. The number of ether oxygens (including phenoxy) is 1. The number of amides is 1. The van der Waals surface area contributed by atoms with Crippen molar-refractivity contribution in [1.82, 2.24) is 14.9 Å². The zero-order valence-corrected chi connectivity index (χ0v) is 17.1. The van der Waals surface area contributed by atoms with Gasteiger partial charge in [0, 0.05) is 35.7 Å². The number of hydrogen-bond acceptors (Lipinski definition) is 7. The van der Waals surface area contributed by atoms with Crippen LogP contribution in [-0.4, -0.2) is 56.8 Å². The molecule has 9 heteroatoms. The van der Waals surface area contributed by atoms with Gasteiger partial charge in [0.15, 0.2) is 10.0 Å². The van der Waals surface area contributed by atoms with E-state index >= 15 is 0 Å². The van der Waals surface area contributed by atoms with Crippen molar-refractivity contribution in [1.29, 1.82) is 0 Å². The minimum atomic E-state index is -1.02. The van der Waals surface area contributed by atoms with Gasteiger partial charge >= 0.3 is 5.97 Å². The number of hydrogen-bond donors (Lipinski definition) is 1. The molecule has 0 bridgehead atoms. The second kappa shape index (κ2) is 8.79. The van der Waals surface area contributed by atoms with Gasteiger partial charge in [0.2, 0.25) is 5.91 Å². The fourth-order valence-corrected chi connectivity index (χ4v) is 5.07. The number of pyridine rings is 1. The van der Waals surface area contributed by atoms with Gasteiger partial charge < -0.3 is 14.7 Å². The largest absolute Gasteiger partial charge is 0.491 e. The predicted octanol–water partition coefficient (Wildman–Crippen LogP) is 3.55. The smallest absolute Gasteiger partial charge is 0.355 e. The maximum Gasteiger partial charge on any atom is 0.355 e. The maximum absolute atomic E-state index is 12.3. The summed E-state index contributed by atoms with van der Waals surface area (Å²) >= 11 is 2.78. The molecular formula is C20H19N3O4S2. The molecule has 1 aliphatic rings. The molecule has 1 aromatic carbocycles. The third-order valence-electron chi connectivity index (χ3n) is 4.73. The zero-order chi connectivity index (χ0) is 20.2. The first kappa shape index (κ1) is 19.7. The lowest BCUT2D eigenvalue weighted by Gasteiger charge is -2.24. The van der Waals surface area contributed by atoms with E-state index in [0.717, 1.165) is 23.1 Å². The van der Waals surface area contributed by atoms with E-state index < -0.39 is 5.97 Å². The third-order valence-corrected chi connectivity index (χ3v) is 6.73. The fraction of sp³-hybridized carbons (Fsp3) is 0.300. The number of benzene rings is 1. The van der Waals surface area contributed by atoms with E-state index in [2.05, 4.69) is 9.97 Å². The normalized spacial score (nSPS) is 16.5. The number of thiazole rings is 1. The van der Waals surface area contributed by atoms with Crippen LogP contribution in [0.3, 0.4) is 0 Å². The van der Waals surface area contributed by atoms with E-state index in [-0.39, 0.29) is 17.6 Å². The highest BCUT2D eigenvalue weighted by molar-refractivity contribution is 8.01. The lowest BCUT2D eigenvalue weighted by atomic mass is 10.2. The summed E-state index contributed by atoms with van der Waals surface area (Å²) in [5, 5.41) is 11.5. The standard InChI is InChI=1S/C20H19N3O4S2/c24-18-6-3-14(11-27-15-4-5-16-13(10-15)2-1-7-21-16)23(18)8-9-28-20-22-17(12-29-20)19(25)26/h1-2,4-5,7,10,12,14H,3,6,8-9,11H2,(H,25,26). The van der Waals surface area contributed by atoms with Gasteiger partial charge in [-0.05, 0) is 30.7 Å². The number of nitrogens with zero attached hydrogens (tertiary/aromatic N) is 3. The van der Waals surface area contributed by atoms with Gasteiger partial charge in [-0.25, -0.2) is 9.78 Å². The topological polar surface area (TPSA) is 92.6 Å². The summed E-state index contributed by atoms with van der Waals surface area (Å²) in [6, 6.07) is 9.71. The minimum absolute atomic E-state index is 0.0403. The number of likely N-dealkylation sites (tertiary alicyclic amines) is 1. The molecule has 0 spiro atoms. The van der Waals surface area contributed by atoms with Crippen LogP contribution in [0.1, 0.15) is 23.3 Å². The van der Waals surface area contributed by atoms with E-state index in [1.54, 1.807) is 6.20 Å². The monoisotopic (exact) mass is 429 g/mol. The summed E-state index contributed by atoms with van der Waals surface area (Å²) in [7, 11) is 0. The van der Waals surface area contributed by atoms with Crippen molar-refractivity contribution in [2.75, 3.05) is 18.9 Å². The number of carbonyl (C=O) groups is 2. The highest BCUT2D eigenvalue weighted by atomic mass is 32.2. The van der Waals surface area contributed by atoms with Crippen LogP contribution in [0.15, 0.2) is 46.2 Å². The summed E-state index contributed by atoms with van der Waals surface area (Å²) in [6.45, 7) is 1.03. The lowest BCUT2D eigenvalue weighted by molar-refractivity contribution is -0.129. The highest BCUT2D eigenvalue weighted by Gasteiger charge is 2.31. The second-order valence-corrected chi connectivity index (χ2v) is 8.80. The lowest BCUT2D eigenvalue weighted by Crippen LogP contribution is -2.38. The third kappa shape index (κ3) is 4.68. The van der Waals surface area contributed by atoms with Crippen LogP contribution in [-0.2, 0) is 4.79 Å². The Morgan fingerprint density at radius 2 is 2.28 bits per heavy atom. The number of aromatic carboxylic acids is 1. The molecule has 1 unspecified atom stereocenters. The average Bonchev–Trinajstić information content (AvgIpc) is 3.34. The predicted molar refractivity (Wildman–Crippen MR) is 112 cm³/mol. The molecule has 1 atom stereocenters. The molecule has 0 radical (unpaired) electrons. The molecule has 4 rings (SSSR count). The van der Waals surface area contributed by atoms with Crippen LogP contribution in [0.5, 0.6) is 5.75 Å². The molecule has 1 amide bonds. The first-order chi connectivity index (χ1) is 14.1. The van der Waals surface area contributed by atoms with Crippen LogP contribution in [0.2, 0.25) is 0 Å². The molecule has 29 heavy (non-hydrogen) atoms. The Labute approximate surface area is 175 Å². The molecule has 0 aliphatic carbocycles. The summed E-state index contributed by atoms with van der Waals surface area (Å²) in [6.07, 6.45) is 3.07. The molecule has 1 saturated heterocycles. The molecule has 7 nitrogen and oxygen atoms in total. The molecular weight excluding hydrogens is 410 g/mol. The van der Waals surface area contributed by atoms with E-state index in [1.807, 2.05) is 35.2 Å². The van der Waals surface area contributed by atoms with Crippen molar-refractivity contribution in [3.8, 4) is 5.75 Å². The SMILES string of the molecule is O=C(O)c1csc(SCCN2C(=O)CCC2COc2ccc3ncccc3c2)n1. The Bertz CT molecular complexity index is 1040. The number of fused-ring (bicyclic) bond motifs is 1. The van der Waals surface area contributed by atoms with Crippen molar-refractivity contribution in [3.63, 3.8) is 0 Å².